The first-order valence-electron chi connectivity index (χ1n) is 10.0. The van der Waals surface area contributed by atoms with Gasteiger partial charge in [0.05, 0.1) is 0 Å². The van der Waals surface area contributed by atoms with Crippen LogP contribution in [0.4, 0.5) is 4.39 Å². The first-order valence-corrected chi connectivity index (χ1v) is 10.0. The van der Waals surface area contributed by atoms with Gasteiger partial charge in [-0.25, -0.2) is 4.39 Å². The highest BCUT2D eigenvalue weighted by Gasteiger charge is 2.53. The van der Waals surface area contributed by atoms with Gasteiger partial charge in [0.2, 0.25) is 5.91 Å². The quantitative estimate of drug-likeness (QED) is 0.762. The van der Waals surface area contributed by atoms with E-state index in [9.17, 15) is 14.0 Å². The summed E-state index contributed by atoms with van der Waals surface area (Å²) >= 11 is 0. The van der Waals surface area contributed by atoms with Gasteiger partial charge in [0.25, 0.3) is 0 Å². The van der Waals surface area contributed by atoms with Crippen LogP contribution in [0.25, 0.3) is 0 Å². The summed E-state index contributed by atoms with van der Waals surface area (Å²) in [5.41, 5.74) is 0.749. The van der Waals surface area contributed by atoms with Crippen LogP contribution in [0, 0.1) is 29.0 Å². The van der Waals surface area contributed by atoms with Crippen molar-refractivity contribution in [3.05, 3.63) is 35.6 Å². The van der Waals surface area contributed by atoms with Crippen LogP contribution < -0.4 is 5.32 Å². The topological polar surface area (TPSA) is 46.2 Å². The fourth-order valence-electron chi connectivity index (χ4n) is 6.18. The molecule has 0 saturated heterocycles. The summed E-state index contributed by atoms with van der Waals surface area (Å²) in [4.78, 5) is 24.6. The Kier molecular flexibility index (Phi) is 4.62. The van der Waals surface area contributed by atoms with Crippen LogP contribution in [0.2, 0.25) is 0 Å². The highest BCUT2D eigenvalue weighted by molar-refractivity contribution is 5.97. The van der Waals surface area contributed by atoms with Crippen molar-refractivity contribution >= 4 is 11.7 Å². The number of rotatable bonds is 6. The zero-order valence-electron chi connectivity index (χ0n) is 15.5. The van der Waals surface area contributed by atoms with E-state index in [4.69, 9.17) is 0 Å². The monoisotopic (exact) mass is 357 g/mol. The molecular formula is C22H28FNO2. The van der Waals surface area contributed by atoms with Crippen LogP contribution in [0.3, 0.4) is 0 Å². The Morgan fingerprint density at radius 2 is 1.58 bits per heavy atom. The smallest absolute Gasteiger partial charge is 0.220 e. The van der Waals surface area contributed by atoms with Gasteiger partial charge in [-0.05, 0) is 92.9 Å². The molecule has 4 heteroatoms. The minimum absolute atomic E-state index is 0.0382. The van der Waals surface area contributed by atoms with Crippen LogP contribution in [0.1, 0.15) is 68.6 Å². The summed E-state index contributed by atoms with van der Waals surface area (Å²) in [6.45, 7) is 2.16. The molecule has 1 N–H and O–H groups in total. The summed E-state index contributed by atoms with van der Waals surface area (Å²) in [6.07, 6.45) is 8.33. The van der Waals surface area contributed by atoms with Crippen molar-refractivity contribution in [3.8, 4) is 0 Å². The molecule has 1 aromatic carbocycles. The third-order valence-corrected chi connectivity index (χ3v) is 7.13. The van der Waals surface area contributed by atoms with Gasteiger partial charge in [0, 0.05) is 24.4 Å². The number of amides is 1. The van der Waals surface area contributed by atoms with Crippen molar-refractivity contribution in [1.82, 2.24) is 5.32 Å². The van der Waals surface area contributed by atoms with Gasteiger partial charge in [-0.1, -0.05) is 0 Å². The van der Waals surface area contributed by atoms with Crippen molar-refractivity contribution in [1.29, 1.82) is 0 Å². The first kappa shape index (κ1) is 17.7. The van der Waals surface area contributed by atoms with Gasteiger partial charge in [-0.2, -0.15) is 0 Å². The third kappa shape index (κ3) is 3.43. The fourth-order valence-corrected chi connectivity index (χ4v) is 6.18. The van der Waals surface area contributed by atoms with Crippen molar-refractivity contribution < 1.29 is 14.0 Å². The molecule has 5 rings (SSSR count). The molecule has 4 aliphatic carbocycles. The number of benzene rings is 1. The van der Waals surface area contributed by atoms with Crippen LogP contribution in [0.15, 0.2) is 24.3 Å². The predicted octanol–water partition coefficient (Wildman–Crippen LogP) is 4.51. The Bertz CT molecular complexity index is 661. The SMILES string of the molecule is CC(NC(=O)CCC(=O)c1ccc(F)cc1)C12CC3CC(CC(C3)C1)C2. The number of ketones is 1. The van der Waals surface area contributed by atoms with E-state index in [-0.39, 0.29) is 41.8 Å². The van der Waals surface area contributed by atoms with Crippen molar-refractivity contribution in [2.24, 2.45) is 23.2 Å². The second-order valence-corrected chi connectivity index (χ2v) is 9.00. The Hall–Kier alpha value is -1.71. The van der Waals surface area contributed by atoms with Crippen LogP contribution >= 0.6 is 0 Å². The minimum atomic E-state index is -0.358. The molecule has 4 fully saturated rings. The molecule has 0 aromatic heterocycles. The summed E-state index contributed by atoms with van der Waals surface area (Å²) in [5.74, 6) is 2.08. The molecule has 0 aliphatic heterocycles. The summed E-state index contributed by atoms with van der Waals surface area (Å²) < 4.78 is 12.9. The Balaban J connectivity index is 1.31. The largest absolute Gasteiger partial charge is 0.353 e. The predicted molar refractivity (Wildman–Crippen MR) is 98.2 cm³/mol. The average molecular weight is 357 g/mol. The number of hydrogen-bond acceptors (Lipinski definition) is 2. The maximum Gasteiger partial charge on any atom is 0.220 e. The maximum absolute atomic E-state index is 12.9. The molecule has 26 heavy (non-hydrogen) atoms. The van der Waals surface area contributed by atoms with Crippen LogP contribution in [-0.2, 0) is 4.79 Å². The molecule has 3 nitrogen and oxygen atoms in total. The van der Waals surface area contributed by atoms with E-state index in [1.165, 1.54) is 62.8 Å². The van der Waals surface area contributed by atoms with E-state index in [1.54, 1.807) is 0 Å². The van der Waals surface area contributed by atoms with E-state index in [1.807, 2.05) is 0 Å². The molecule has 4 aliphatic rings. The van der Waals surface area contributed by atoms with Gasteiger partial charge in [-0.15, -0.1) is 0 Å². The second-order valence-electron chi connectivity index (χ2n) is 9.00. The zero-order valence-corrected chi connectivity index (χ0v) is 15.5. The molecule has 4 saturated carbocycles. The number of carbonyl (C=O) groups excluding carboxylic acids is 2. The average Bonchev–Trinajstić information content (AvgIpc) is 2.59. The highest BCUT2D eigenvalue weighted by Crippen LogP contribution is 2.61. The molecule has 1 unspecified atom stereocenters. The number of carbonyl (C=O) groups is 2. The molecule has 0 radical (unpaired) electrons. The molecule has 0 spiro atoms. The summed E-state index contributed by atoms with van der Waals surface area (Å²) in [7, 11) is 0. The lowest BCUT2D eigenvalue weighted by atomic mass is 9.48. The number of halogens is 1. The van der Waals surface area contributed by atoms with E-state index in [0.717, 1.165) is 17.8 Å². The third-order valence-electron chi connectivity index (χ3n) is 7.13. The normalized spacial score (nSPS) is 33.1. The molecule has 1 atom stereocenters. The van der Waals surface area contributed by atoms with Gasteiger partial charge >= 0.3 is 0 Å². The molecule has 1 aromatic rings. The standard InChI is InChI=1S/C22H28FNO2/c1-14(22-11-15-8-16(12-22)10-17(9-15)13-22)24-21(26)7-6-20(25)18-2-4-19(23)5-3-18/h2-5,14-17H,6-13H2,1H3,(H,24,26). The maximum atomic E-state index is 12.9. The van der Waals surface area contributed by atoms with Gasteiger partial charge < -0.3 is 5.32 Å². The Labute approximate surface area is 154 Å². The molecule has 0 heterocycles. The summed E-state index contributed by atoms with van der Waals surface area (Å²) in [6, 6.07) is 5.70. The van der Waals surface area contributed by atoms with Crippen molar-refractivity contribution in [2.45, 2.75) is 64.3 Å². The van der Waals surface area contributed by atoms with Crippen molar-refractivity contribution in [3.63, 3.8) is 0 Å². The highest BCUT2D eigenvalue weighted by atomic mass is 19.1. The lowest BCUT2D eigenvalue weighted by Gasteiger charge is -2.59. The Morgan fingerprint density at radius 3 is 2.12 bits per heavy atom. The molecule has 140 valence electrons. The number of Topliss-reactive ketones (excluding diaryl/α,β-unsaturated/α-hetero) is 1. The van der Waals surface area contributed by atoms with Gasteiger partial charge in [-0.3, -0.25) is 9.59 Å². The lowest BCUT2D eigenvalue weighted by molar-refractivity contribution is -0.125. The van der Waals surface area contributed by atoms with Gasteiger partial charge in [0.1, 0.15) is 5.82 Å². The van der Waals surface area contributed by atoms with Gasteiger partial charge in [0.15, 0.2) is 5.78 Å². The summed E-state index contributed by atoms with van der Waals surface area (Å²) in [5, 5.41) is 3.20. The first-order chi connectivity index (χ1) is 12.4. The Morgan fingerprint density at radius 1 is 1.04 bits per heavy atom. The van der Waals surface area contributed by atoms with Crippen molar-refractivity contribution in [2.75, 3.05) is 0 Å². The van der Waals surface area contributed by atoms with E-state index in [2.05, 4.69) is 12.2 Å². The fraction of sp³-hybridized carbons (Fsp3) is 0.636. The zero-order chi connectivity index (χ0) is 18.3. The van der Waals surface area contributed by atoms with Crippen LogP contribution in [-0.4, -0.2) is 17.7 Å². The molecule has 4 bridgehead atoms. The van der Waals surface area contributed by atoms with E-state index < -0.39 is 0 Å². The van der Waals surface area contributed by atoms with Crippen LogP contribution in [0.5, 0.6) is 0 Å². The lowest BCUT2D eigenvalue weighted by Crippen LogP contribution is -2.55. The second kappa shape index (κ2) is 6.79. The number of hydrogen-bond donors (Lipinski definition) is 1. The molecular weight excluding hydrogens is 329 g/mol. The minimum Gasteiger partial charge on any atom is -0.353 e. The van der Waals surface area contributed by atoms with E-state index in [0.29, 0.717) is 5.56 Å². The van der Waals surface area contributed by atoms with E-state index >= 15 is 0 Å². The number of nitrogens with one attached hydrogen (secondary N) is 1. The molecule has 1 amide bonds.